The maximum Gasteiger partial charge on any atom is 0.124 e. The molecule has 0 aromatic heterocycles. The molecular weight excluding hydrogens is 272 g/mol. The van der Waals surface area contributed by atoms with Crippen molar-refractivity contribution in [1.29, 1.82) is 0 Å². The van der Waals surface area contributed by atoms with E-state index in [9.17, 15) is 0 Å². The summed E-state index contributed by atoms with van der Waals surface area (Å²) in [5, 5.41) is 4.55. The molecule has 1 heterocycles. The van der Waals surface area contributed by atoms with Crippen LogP contribution >= 0.6 is 11.6 Å². The summed E-state index contributed by atoms with van der Waals surface area (Å²) in [5.41, 5.74) is 1.11. The topological polar surface area (TPSA) is 24.5 Å². The number of piperidine rings is 1. The van der Waals surface area contributed by atoms with Crippen LogP contribution in [-0.2, 0) is 6.54 Å². The van der Waals surface area contributed by atoms with Crippen LogP contribution in [0.4, 0.5) is 0 Å². The molecule has 4 heteroatoms. The van der Waals surface area contributed by atoms with Crippen molar-refractivity contribution in [1.82, 2.24) is 10.2 Å². The first-order chi connectivity index (χ1) is 9.76. The van der Waals surface area contributed by atoms with Crippen LogP contribution in [0.1, 0.15) is 31.2 Å². The number of rotatable bonds is 5. The van der Waals surface area contributed by atoms with Crippen molar-refractivity contribution >= 4 is 11.6 Å². The molecular formula is C16H23ClN2O. The lowest BCUT2D eigenvalue weighted by Crippen LogP contribution is -2.46. The summed E-state index contributed by atoms with van der Waals surface area (Å²) < 4.78 is 5.44. The third-order valence-electron chi connectivity index (χ3n) is 4.23. The molecule has 1 saturated carbocycles. The van der Waals surface area contributed by atoms with Crippen LogP contribution in [0.5, 0.6) is 5.75 Å². The van der Waals surface area contributed by atoms with E-state index in [-0.39, 0.29) is 0 Å². The maximum atomic E-state index is 6.34. The zero-order valence-electron chi connectivity index (χ0n) is 12.1. The van der Waals surface area contributed by atoms with E-state index in [0.29, 0.717) is 6.04 Å². The molecule has 0 bridgehead atoms. The number of halogens is 1. The van der Waals surface area contributed by atoms with Gasteiger partial charge in [-0.1, -0.05) is 17.7 Å². The standard InChI is InChI=1S/C16H23ClN2O/c1-20-16-6-2-5-15(17)14(16)11-19-9-3-4-13(10-19)18-12-7-8-12/h2,5-6,12-13,18H,3-4,7-11H2,1H3. The van der Waals surface area contributed by atoms with E-state index < -0.39 is 0 Å². The molecule has 3 rings (SSSR count). The Morgan fingerprint density at radius 1 is 1.30 bits per heavy atom. The van der Waals surface area contributed by atoms with Crippen LogP contribution in [-0.4, -0.2) is 37.2 Å². The van der Waals surface area contributed by atoms with Gasteiger partial charge < -0.3 is 10.1 Å². The zero-order valence-corrected chi connectivity index (χ0v) is 12.8. The van der Waals surface area contributed by atoms with E-state index in [0.717, 1.165) is 42.0 Å². The van der Waals surface area contributed by atoms with E-state index in [1.807, 2.05) is 18.2 Å². The lowest BCUT2D eigenvalue weighted by Gasteiger charge is -2.33. The van der Waals surface area contributed by atoms with Gasteiger partial charge in [0.1, 0.15) is 5.75 Å². The number of hydrogen-bond donors (Lipinski definition) is 1. The Labute approximate surface area is 126 Å². The molecule has 1 aliphatic carbocycles. The van der Waals surface area contributed by atoms with Crippen molar-refractivity contribution in [2.45, 2.75) is 44.3 Å². The highest BCUT2D eigenvalue weighted by Gasteiger charge is 2.28. The molecule has 3 nitrogen and oxygen atoms in total. The molecule has 2 fully saturated rings. The van der Waals surface area contributed by atoms with Gasteiger partial charge in [-0.05, 0) is 44.4 Å². The third-order valence-corrected chi connectivity index (χ3v) is 4.59. The van der Waals surface area contributed by atoms with Gasteiger partial charge in [-0.15, -0.1) is 0 Å². The lowest BCUT2D eigenvalue weighted by atomic mass is 10.0. The Kier molecular flexibility index (Phi) is 4.49. The minimum absolute atomic E-state index is 0.643. The molecule has 0 spiro atoms. The predicted octanol–water partition coefficient (Wildman–Crippen LogP) is 3.07. The molecule has 0 amide bonds. The van der Waals surface area contributed by atoms with Crippen LogP contribution in [0.15, 0.2) is 18.2 Å². The highest BCUT2D eigenvalue weighted by atomic mass is 35.5. The first-order valence-electron chi connectivity index (χ1n) is 7.56. The van der Waals surface area contributed by atoms with Gasteiger partial charge in [0.05, 0.1) is 7.11 Å². The monoisotopic (exact) mass is 294 g/mol. The van der Waals surface area contributed by atoms with Crippen molar-refractivity contribution in [3.05, 3.63) is 28.8 Å². The van der Waals surface area contributed by atoms with E-state index in [1.54, 1.807) is 7.11 Å². The minimum atomic E-state index is 0.643. The predicted molar refractivity (Wildman–Crippen MR) is 82.5 cm³/mol. The van der Waals surface area contributed by atoms with Crippen LogP contribution < -0.4 is 10.1 Å². The molecule has 2 aliphatic rings. The van der Waals surface area contributed by atoms with Crippen molar-refractivity contribution in [3.8, 4) is 5.75 Å². The molecule has 1 aromatic carbocycles. The summed E-state index contributed by atoms with van der Waals surface area (Å²) in [6, 6.07) is 7.31. The molecule has 1 N–H and O–H groups in total. The largest absolute Gasteiger partial charge is 0.496 e. The zero-order chi connectivity index (χ0) is 13.9. The Morgan fingerprint density at radius 2 is 2.15 bits per heavy atom. The quantitative estimate of drug-likeness (QED) is 0.903. The van der Waals surface area contributed by atoms with E-state index in [2.05, 4.69) is 10.2 Å². The highest BCUT2D eigenvalue weighted by Crippen LogP contribution is 2.29. The second kappa shape index (κ2) is 6.33. The number of hydrogen-bond acceptors (Lipinski definition) is 3. The fourth-order valence-corrected chi connectivity index (χ4v) is 3.25. The van der Waals surface area contributed by atoms with Gasteiger partial charge in [-0.2, -0.15) is 0 Å². The van der Waals surface area contributed by atoms with Crippen LogP contribution in [0.2, 0.25) is 5.02 Å². The van der Waals surface area contributed by atoms with Crippen LogP contribution in [0.25, 0.3) is 0 Å². The van der Waals surface area contributed by atoms with E-state index in [4.69, 9.17) is 16.3 Å². The molecule has 0 radical (unpaired) electrons. The third kappa shape index (κ3) is 3.46. The Balaban J connectivity index is 1.64. The summed E-state index contributed by atoms with van der Waals surface area (Å²) in [6.45, 7) is 3.15. The fraction of sp³-hybridized carbons (Fsp3) is 0.625. The summed E-state index contributed by atoms with van der Waals surface area (Å²) >= 11 is 6.34. The first kappa shape index (κ1) is 14.2. The van der Waals surface area contributed by atoms with Gasteiger partial charge in [-0.25, -0.2) is 0 Å². The summed E-state index contributed by atoms with van der Waals surface area (Å²) in [4.78, 5) is 2.49. The fourth-order valence-electron chi connectivity index (χ4n) is 3.03. The summed E-state index contributed by atoms with van der Waals surface area (Å²) in [7, 11) is 1.71. The normalized spacial score (nSPS) is 23.8. The minimum Gasteiger partial charge on any atom is -0.496 e. The van der Waals surface area contributed by atoms with Crippen molar-refractivity contribution in [3.63, 3.8) is 0 Å². The average Bonchev–Trinajstić information content (AvgIpc) is 3.25. The maximum absolute atomic E-state index is 6.34. The second-order valence-electron chi connectivity index (χ2n) is 5.94. The molecule has 20 heavy (non-hydrogen) atoms. The van der Waals surface area contributed by atoms with E-state index in [1.165, 1.54) is 25.7 Å². The van der Waals surface area contributed by atoms with Gasteiger partial charge in [0.25, 0.3) is 0 Å². The second-order valence-corrected chi connectivity index (χ2v) is 6.34. The summed E-state index contributed by atoms with van der Waals surface area (Å²) in [5.74, 6) is 0.898. The Morgan fingerprint density at radius 3 is 2.90 bits per heavy atom. The Bertz CT molecular complexity index is 462. The molecule has 110 valence electrons. The van der Waals surface area contributed by atoms with Gasteiger partial charge in [0, 0.05) is 35.8 Å². The number of ether oxygens (including phenoxy) is 1. The van der Waals surface area contributed by atoms with E-state index >= 15 is 0 Å². The first-order valence-corrected chi connectivity index (χ1v) is 7.94. The number of methoxy groups -OCH3 is 1. The molecule has 1 atom stereocenters. The molecule has 1 aliphatic heterocycles. The molecule has 1 saturated heterocycles. The van der Waals surface area contributed by atoms with Crippen LogP contribution in [0, 0.1) is 0 Å². The number of nitrogens with one attached hydrogen (secondary N) is 1. The van der Waals surface area contributed by atoms with Crippen LogP contribution in [0.3, 0.4) is 0 Å². The van der Waals surface area contributed by atoms with Crippen molar-refractivity contribution < 1.29 is 4.74 Å². The van der Waals surface area contributed by atoms with Crippen molar-refractivity contribution in [2.75, 3.05) is 20.2 Å². The highest BCUT2D eigenvalue weighted by molar-refractivity contribution is 6.31. The summed E-state index contributed by atoms with van der Waals surface area (Å²) in [6.07, 6.45) is 5.27. The SMILES string of the molecule is COc1cccc(Cl)c1CN1CCCC(NC2CC2)C1. The van der Waals surface area contributed by atoms with Gasteiger partial charge in [0.2, 0.25) is 0 Å². The van der Waals surface area contributed by atoms with Gasteiger partial charge in [-0.3, -0.25) is 4.90 Å². The number of likely N-dealkylation sites (tertiary alicyclic amines) is 1. The number of nitrogens with zero attached hydrogens (tertiary/aromatic N) is 1. The lowest BCUT2D eigenvalue weighted by molar-refractivity contribution is 0.181. The smallest absolute Gasteiger partial charge is 0.124 e. The Hall–Kier alpha value is -0.770. The molecule has 1 unspecified atom stereocenters. The average molecular weight is 295 g/mol. The number of benzene rings is 1. The van der Waals surface area contributed by atoms with Crippen molar-refractivity contribution in [2.24, 2.45) is 0 Å². The molecule has 1 aromatic rings. The van der Waals surface area contributed by atoms with Gasteiger partial charge in [0.15, 0.2) is 0 Å². The van der Waals surface area contributed by atoms with Gasteiger partial charge >= 0.3 is 0 Å².